The lowest BCUT2D eigenvalue weighted by molar-refractivity contribution is -0.119. The maximum absolute atomic E-state index is 13.6. The van der Waals surface area contributed by atoms with Crippen LogP contribution in [-0.2, 0) is 19.6 Å². The van der Waals surface area contributed by atoms with E-state index in [0.29, 0.717) is 27.8 Å². The number of nitrogens with zero attached hydrogens (tertiary/aromatic N) is 2. The number of halogens is 2. The van der Waals surface area contributed by atoms with E-state index in [-0.39, 0.29) is 28.8 Å². The van der Waals surface area contributed by atoms with E-state index in [4.69, 9.17) is 25.8 Å². The summed E-state index contributed by atoms with van der Waals surface area (Å²) in [5.41, 5.74) is 3.41. The van der Waals surface area contributed by atoms with Crippen molar-refractivity contribution < 1.29 is 36.6 Å². The molecule has 0 atom stereocenters. The standard InChI is InChI=1S/C31H28ClFN4O7S/c1-42-28-16-15-25(17-29(28)43-2)45(40,41)37(23-11-9-22(33)10-12-23)19-30(38)36-34-18-21-7-13-24(14-8-21)44-20-31(39)35-27-6-4-3-5-26(27)32/h3-18H,19-20H2,1-2H3,(H,35,39)(H,36,38)/b34-18-. The minimum Gasteiger partial charge on any atom is -0.493 e. The molecule has 14 heteroatoms. The van der Waals surface area contributed by atoms with Crippen molar-refractivity contribution in [1.29, 1.82) is 0 Å². The number of hydrogen-bond acceptors (Lipinski definition) is 8. The first-order valence-electron chi connectivity index (χ1n) is 13.2. The summed E-state index contributed by atoms with van der Waals surface area (Å²) < 4.78 is 57.6. The Kier molecular flexibility index (Phi) is 11.0. The zero-order valence-corrected chi connectivity index (χ0v) is 25.6. The van der Waals surface area contributed by atoms with Gasteiger partial charge in [0.15, 0.2) is 18.1 Å². The third kappa shape index (κ3) is 8.71. The third-order valence-corrected chi connectivity index (χ3v) is 8.25. The number of ether oxygens (including phenoxy) is 3. The number of anilines is 2. The fraction of sp³-hybridized carbons (Fsp3) is 0.129. The normalized spacial score (nSPS) is 11.1. The molecular weight excluding hydrogens is 627 g/mol. The Labute approximate surface area is 264 Å². The Morgan fingerprint density at radius 3 is 2.27 bits per heavy atom. The smallest absolute Gasteiger partial charge is 0.264 e. The van der Waals surface area contributed by atoms with E-state index in [1.54, 1.807) is 48.5 Å². The summed E-state index contributed by atoms with van der Waals surface area (Å²) in [4.78, 5) is 24.8. The summed E-state index contributed by atoms with van der Waals surface area (Å²) in [5.74, 6) is -0.823. The number of carbonyl (C=O) groups is 2. The summed E-state index contributed by atoms with van der Waals surface area (Å²) >= 11 is 6.04. The summed E-state index contributed by atoms with van der Waals surface area (Å²) in [6.07, 6.45) is 1.34. The van der Waals surface area contributed by atoms with E-state index in [2.05, 4.69) is 15.8 Å². The number of sulfonamides is 1. The molecule has 0 fully saturated rings. The zero-order valence-electron chi connectivity index (χ0n) is 24.1. The Morgan fingerprint density at radius 2 is 1.60 bits per heavy atom. The number of amides is 2. The van der Waals surface area contributed by atoms with E-state index in [1.807, 2.05) is 0 Å². The quantitative estimate of drug-likeness (QED) is 0.155. The van der Waals surface area contributed by atoms with Gasteiger partial charge in [-0.05, 0) is 78.4 Å². The van der Waals surface area contributed by atoms with Gasteiger partial charge >= 0.3 is 0 Å². The van der Waals surface area contributed by atoms with E-state index in [9.17, 15) is 22.4 Å². The SMILES string of the molecule is COc1ccc(S(=O)(=O)N(CC(=O)N/N=C\c2ccc(OCC(=O)Nc3ccccc3Cl)cc2)c2ccc(F)cc2)cc1OC. The largest absolute Gasteiger partial charge is 0.493 e. The van der Waals surface area contributed by atoms with Gasteiger partial charge in [-0.3, -0.25) is 13.9 Å². The van der Waals surface area contributed by atoms with Gasteiger partial charge in [0.25, 0.3) is 21.8 Å². The predicted molar refractivity (Wildman–Crippen MR) is 168 cm³/mol. The molecule has 0 bridgehead atoms. The van der Waals surface area contributed by atoms with Gasteiger partial charge in [0.1, 0.15) is 18.1 Å². The fourth-order valence-corrected chi connectivity index (χ4v) is 5.54. The molecule has 45 heavy (non-hydrogen) atoms. The number of methoxy groups -OCH3 is 2. The van der Waals surface area contributed by atoms with Crippen molar-refractivity contribution in [3.8, 4) is 17.2 Å². The number of hydrazone groups is 1. The Morgan fingerprint density at radius 1 is 0.911 bits per heavy atom. The topological polar surface area (TPSA) is 136 Å². The van der Waals surface area contributed by atoms with Gasteiger partial charge < -0.3 is 19.5 Å². The summed E-state index contributed by atoms with van der Waals surface area (Å²) in [6, 6.07) is 22.0. The van der Waals surface area contributed by atoms with E-state index in [1.165, 1.54) is 50.8 Å². The Balaban J connectivity index is 1.39. The van der Waals surface area contributed by atoms with Gasteiger partial charge in [0.2, 0.25) is 0 Å². The molecule has 0 heterocycles. The molecule has 0 aromatic heterocycles. The van der Waals surface area contributed by atoms with Gasteiger partial charge in [-0.2, -0.15) is 5.10 Å². The molecule has 0 saturated heterocycles. The van der Waals surface area contributed by atoms with Crippen LogP contribution in [0.2, 0.25) is 5.02 Å². The molecular formula is C31H28ClFN4O7S. The third-order valence-electron chi connectivity index (χ3n) is 6.15. The number of carbonyl (C=O) groups excluding carboxylic acids is 2. The van der Waals surface area contributed by atoms with Crippen LogP contribution in [0.3, 0.4) is 0 Å². The Bertz CT molecular complexity index is 1790. The van der Waals surface area contributed by atoms with Crippen molar-refractivity contribution in [2.45, 2.75) is 4.90 Å². The number of rotatable bonds is 13. The van der Waals surface area contributed by atoms with Crippen LogP contribution in [0.25, 0.3) is 0 Å². The van der Waals surface area contributed by atoms with Crippen molar-refractivity contribution in [2.75, 3.05) is 37.0 Å². The number of benzene rings is 4. The molecule has 11 nitrogen and oxygen atoms in total. The van der Waals surface area contributed by atoms with Gasteiger partial charge in [0.05, 0.1) is 41.7 Å². The molecule has 4 aromatic rings. The second-order valence-corrected chi connectivity index (χ2v) is 11.5. The van der Waals surface area contributed by atoms with Crippen LogP contribution < -0.4 is 29.3 Å². The summed E-state index contributed by atoms with van der Waals surface area (Å²) in [6.45, 7) is -0.909. The lowest BCUT2D eigenvalue weighted by Crippen LogP contribution is -2.39. The van der Waals surface area contributed by atoms with Crippen LogP contribution in [0.15, 0.2) is 101 Å². The summed E-state index contributed by atoms with van der Waals surface area (Å²) in [5, 5.41) is 6.97. The molecule has 0 radical (unpaired) electrons. The number of nitrogens with one attached hydrogen (secondary N) is 2. The van der Waals surface area contributed by atoms with Crippen LogP contribution in [0.1, 0.15) is 5.56 Å². The minimum atomic E-state index is -4.32. The van der Waals surface area contributed by atoms with Crippen molar-refractivity contribution in [3.05, 3.63) is 107 Å². The molecule has 0 spiro atoms. The van der Waals surface area contributed by atoms with Gasteiger partial charge in [-0.1, -0.05) is 23.7 Å². The predicted octanol–water partition coefficient (Wildman–Crippen LogP) is 4.86. The highest BCUT2D eigenvalue weighted by Gasteiger charge is 2.28. The molecule has 0 saturated carbocycles. The van der Waals surface area contributed by atoms with Crippen LogP contribution in [-0.4, -0.2) is 53.8 Å². The minimum absolute atomic E-state index is 0.0569. The van der Waals surface area contributed by atoms with Crippen molar-refractivity contribution in [2.24, 2.45) is 5.10 Å². The molecule has 0 unspecified atom stereocenters. The molecule has 2 amide bonds. The monoisotopic (exact) mass is 654 g/mol. The second-order valence-electron chi connectivity index (χ2n) is 9.18. The average Bonchev–Trinajstić information content (AvgIpc) is 3.04. The maximum Gasteiger partial charge on any atom is 0.264 e. The van der Waals surface area contributed by atoms with Crippen LogP contribution in [0, 0.1) is 5.82 Å². The van der Waals surface area contributed by atoms with Crippen molar-refractivity contribution >= 4 is 51.0 Å². The molecule has 4 aromatic carbocycles. The van der Waals surface area contributed by atoms with Crippen LogP contribution in [0.4, 0.5) is 15.8 Å². The lowest BCUT2D eigenvalue weighted by atomic mass is 10.2. The molecule has 234 valence electrons. The van der Waals surface area contributed by atoms with E-state index in [0.717, 1.165) is 16.4 Å². The Hall–Kier alpha value is -5.14. The summed E-state index contributed by atoms with van der Waals surface area (Å²) in [7, 11) is -1.55. The second kappa shape index (κ2) is 15.0. The first-order valence-corrected chi connectivity index (χ1v) is 15.0. The lowest BCUT2D eigenvalue weighted by Gasteiger charge is -2.24. The average molecular weight is 655 g/mol. The van der Waals surface area contributed by atoms with Gasteiger partial charge in [0, 0.05) is 6.07 Å². The maximum atomic E-state index is 13.6. The van der Waals surface area contributed by atoms with Gasteiger partial charge in [-0.15, -0.1) is 0 Å². The van der Waals surface area contributed by atoms with E-state index >= 15 is 0 Å². The molecule has 0 aliphatic carbocycles. The highest BCUT2D eigenvalue weighted by Crippen LogP contribution is 2.32. The molecule has 2 N–H and O–H groups in total. The number of hydrogen-bond donors (Lipinski definition) is 2. The highest BCUT2D eigenvalue weighted by atomic mass is 35.5. The first-order chi connectivity index (χ1) is 21.6. The van der Waals surface area contributed by atoms with Gasteiger partial charge in [-0.25, -0.2) is 18.2 Å². The van der Waals surface area contributed by atoms with E-state index < -0.39 is 28.3 Å². The van der Waals surface area contributed by atoms with Crippen molar-refractivity contribution in [1.82, 2.24) is 5.43 Å². The zero-order chi connectivity index (χ0) is 32.4. The molecule has 4 rings (SSSR count). The first kappa shape index (κ1) is 32.8. The fourth-order valence-electron chi connectivity index (χ4n) is 3.92. The molecule has 0 aliphatic heterocycles. The molecule has 0 aliphatic rings. The van der Waals surface area contributed by atoms with Crippen molar-refractivity contribution in [3.63, 3.8) is 0 Å². The highest BCUT2D eigenvalue weighted by molar-refractivity contribution is 7.92. The van der Waals surface area contributed by atoms with Crippen LogP contribution >= 0.6 is 11.6 Å². The van der Waals surface area contributed by atoms with Crippen LogP contribution in [0.5, 0.6) is 17.2 Å². The number of para-hydroxylation sites is 1.